The Bertz CT molecular complexity index is 586. The van der Waals surface area contributed by atoms with Crippen LogP contribution in [0.15, 0.2) is 52.3 Å². The molecule has 2 rings (SSSR count). The highest BCUT2D eigenvalue weighted by molar-refractivity contribution is 7.99. The zero-order valence-corrected chi connectivity index (χ0v) is 13.2. The summed E-state index contributed by atoms with van der Waals surface area (Å²) >= 11 is 7.99. The van der Waals surface area contributed by atoms with Gasteiger partial charge < -0.3 is 10.5 Å². The van der Waals surface area contributed by atoms with Crippen LogP contribution in [0.1, 0.15) is 12.5 Å². The van der Waals surface area contributed by atoms with Gasteiger partial charge in [-0.3, -0.25) is 0 Å². The van der Waals surface area contributed by atoms with E-state index in [1.807, 2.05) is 43.3 Å². The maximum atomic E-state index is 6.34. The Hall–Kier alpha value is -1.16. The van der Waals surface area contributed by atoms with Crippen molar-refractivity contribution in [3.8, 4) is 5.75 Å². The number of nitrogens with two attached hydrogens (primary N) is 1. The standard InChI is InChI=1S/C16H18ClNOS/c1-11(18)9-12-5-3-8-15(17)16(12)20-14-7-4-6-13(10-14)19-2/h3-8,10-11H,9,18H2,1-2H3. The molecular formula is C16H18ClNOS. The fourth-order valence-electron chi connectivity index (χ4n) is 1.96. The topological polar surface area (TPSA) is 35.2 Å². The third kappa shape index (κ3) is 3.92. The Labute approximate surface area is 129 Å². The first kappa shape index (κ1) is 15.2. The number of methoxy groups -OCH3 is 1. The van der Waals surface area contributed by atoms with Crippen LogP contribution >= 0.6 is 23.4 Å². The van der Waals surface area contributed by atoms with E-state index in [0.29, 0.717) is 0 Å². The maximum Gasteiger partial charge on any atom is 0.119 e. The van der Waals surface area contributed by atoms with Crippen LogP contribution in [0.2, 0.25) is 5.02 Å². The summed E-state index contributed by atoms with van der Waals surface area (Å²) in [6.45, 7) is 2.00. The van der Waals surface area contributed by atoms with Crippen molar-refractivity contribution >= 4 is 23.4 Å². The van der Waals surface area contributed by atoms with E-state index in [2.05, 4.69) is 6.07 Å². The number of hydrogen-bond donors (Lipinski definition) is 1. The summed E-state index contributed by atoms with van der Waals surface area (Å²) in [7, 11) is 1.67. The summed E-state index contributed by atoms with van der Waals surface area (Å²) in [5.74, 6) is 0.843. The van der Waals surface area contributed by atoms with Crippen molar-refractivity contribution in [1.29, 1.82) is 0 Å². The minimum absolute atomic E-state index is 0.109. The summed E-state index contributed by atoms with van der Waals surface area (Å²) < 4.78 is 5.25. The van der Waals surface area contributed by atoms with Crippen molar-refractivity contribution < 1.29 is 4.74 Å². The molecule has 2 aromatic rings. The van der Waals surface area contributed by atoms with E-state index < -0.39 is 0 Å². The van der Waals surface area contributed by atoms with Gasteiger partial charge in [0.05, 0.1) is 12.1 Å². The van der Waals surface area contributed by atoms with E-state index in [1.165, 1.54) is 5.56 Å². The van der Waals surface area contributed by atoms with Gasteiger partial charge in [-0.25, -0.2) is 0 Å². The largest absolute Gasteiger partial charge is 0.497 e. The van der Waals surface area contributed by atoms with E-state index in [4.69, 9.17) is 22.1 Å². The van der Waals surface area contributed by atoms with Gasteiger partial charge in [-0.15, -0.1) is 0 Å². The molecule has 2 nitrogen and oxygen atoms in total. The lowest BCUT2D eigenvalue weighted by molar-refractivity contribution is 0.413. The Balaban J connectivity index is 2.31. The molecule has 0 heterocycles. The number of halogens is 1. The number of ether oxygens (including phenoxy) is 1. The molecule has 1 unspecified atom stereocenters. The molecule has 0 spiro atoms. The molecule has 0 aliphatic rings. The van der Waals surface area contributed by atoms with Crippen molar-refractivity contribution in [2.45, 2.75) is 29.2 Å². The highest BCUT2D eigenvalue weighted by Crippen LogP contribution is 2.37. The SMILES string of the molecule is COc1cccc(Sc2c(Cl)cccc2CC(C)N)c1. The van der Waals surface area contributed by atoms with Gasteiger partial charge in [0.2, 0.25) is 0 Å². The zero-order valence-electron chi connectivity index (χ0n) is 11.6. The molecule has 0 saturated carbocycles. The van der Waals surface area contributed by atoms with Gasteiger partial charge in [-0.1, -0.05) is 41.6 Å². The summed E-state index contributed by atoms with van der Waals surface area (Å²) in [6.07, 6.45) is 0.812. The van der Waals surface area contributed by atoms with E-state index in [0.717, 1.165) is 27.0 Å². The minimum Gasteiger partial charge on any atom is -0.497 e. The maximum absolute atomic E-state index is 6.34. The lowest BCUT2D eigenvalue weighted by Gasteiger charge is -2.13. The first-order valence-electron chi connectivity index (χ1n) is 6.45. The first-order chi connectivity index (χ1) is 9.60. The molecule has 20 heavy (non-hydrogen) atoms. The second-order valence-electron chi connectivity index (χ2n) is 4.69. The summed E-state index contributed by atoms with van der Waals surface area (Å²) in [5.41, 5.74) is 7.09. The average Bonchev–Trinajstić information content (AvgIpc) is 2.42. The molecule has 1 atom stereocenters. The summed E-state index contributed by atoms with van der Waals surface area (Å²) in [5, 5.41) is 0.760. The van der Waals surface area contributed by atoms with Crippen LogP contribution in [0.25, 0.3) is 0 Å². The smallest absolute Gasteiger partial charge is 0.119 e. The van der Waals surface area contributed by atoms with E-state index in [9.17, 15) is 0 Å². The predicted octanol–water partition coefficient (Wildman–Crippen LogP) is 4.39. The van der Waals surface area contributed by atoms with Gasteiger partial charge in [0, 0.05) is 15.8 Å². The summed E-state index contributed by atoms with van der Waals surface area (Å²) in [4.78, 5) is 2.17. The average molecular weight is 308 g/mol. The Morgan fingerprint density at radius 3 is 2.70 bits per heavy atom. The van der Waals surface area contributed by atoms with E-state index in [1.54, 1.807) is 18.9 Å². The molecule has 0 saturated heterocycles. The van der Waals surface area contributed by atoms with Crippen LogP contribution < -0.4 is 10.5 Å². The second kappa shape index (κ2) is 7.02. The number of rotatable bonds is 5. The van der Waals surface area contributed by atoms with Crippen LogP contribution in [-0.2, 0) is 6.42 Å². The zero-order chi connectivity index (χ0) is 14.5. The van der Waals surface area contributed by atoms with Gasteiger partial charge in [0.15, 0.2) is 0 Å². The first-order valence-corrected chi connectivity index (χ1v) is 7.64. The molecule has 0 aliphatic carbocycles. The molecule has 4 heteroatoms. The van der Waals surface area contributed by atoms with Crippen LogP contribution in [0.5, 0.6) is 5.75 Å². The van der Waals surface area contributed by atoms with E-state index in [-0.39, 0.29) is 6.04 Å². The highest BCUT2D eigenvalue weighted by Gasteiger charge is 2.11. The van der Waals surface area contributed by atoms with E-state index >= 15 is 0 Å². The molecule has 2 aromatic carbocycles. The Morgan fingerprint density at radius 2 is 2.00 bits per heavy atom. The third-order valence-corrected chi connectivity index (χ3v) is 4.45. The second-order valence-corrected chi connectivity index (χ2v) is 6.18. The van der Waals surface area contributed by atoms with Crippen molar-refractivity contribution in [1.82, 2.24) is 0 Å². The monoisotopic (exact) mass is 307 g/mol. The Morgan fingerprint density at radius 1 is 1.25 bits per heavy atom. The van der Waals surface area contributed by atoms with Crippen LogP contribution in [0.3, 0.4) is 0 Å². The van der Waals surface area contributed by atoms with Gasteiger partial charge in [0.1, 0.15) is 5.75 Å². The van der Waals surface area contributed by atoms with Crippen LogP contribution in [0, 0.1) is 0 Å². The minimum atomic E-state index is 0.109. The fourth-order valence-corrected chi connectivity index (χ4v) is 3.27. The van der Waals surface area contributed by atoms with Crippen molar-refractivity contribution in [3.63, 3.8) is 0 Å². The molecule has 0 aromatic heterocycles. The van der Waals surface area contributed by atoms with Crippen molar-refractivity contribution in [2.75, 3.05) is 7.11 Å². The van der Waals surface area contributed by atoms with Crippen LogP contribution in [-0.4, -0.2) is 13.2 Å². The van der Waals surface area contributed by atoms with Crippen molar-refractivity contribution in [3.05, 3.63) is 53.1 Å². The van der Waals surface area contributed by atoms with Crippen molar-refractivity contribution in [2.24, 2.45) is 5.73 Å². The molecule has 0 amide bonds. The molecule has 0 bridgehead atoms. The number of hydrogen-bond acceptors (Lipinski definition) is 3. The lowest BCUT2D eigenvalue weighted by Crippen LogP contribution is -2.18. The highest BCUT2D eigenvalue weighted by atomic mass is 35.5. The normalized spacial score (nSPS) is 12.2. The molecule has 0 fully saturated rings. The summed E-state index contributed by atoms with van der Waals surface area (Å²) in [6, 6.07) is 14.0. The molecule has 0 aliphatic heterocycles. The van der Waals surface area contributed by atoms with Gasteiger partial charge in [-0.2, -0.15) is 0 Å². The third-order valence-electron chi connectivity index (χ3n) is 2.85. The van der Waals surface area contributed by atoms with Gasteiger partial charge >= 0.3 is 0 Å². The molecule has 2 N–H and O–H groups in total. The quantitative estimate of drug-likeness (QED) is 0.890. The number of benzene rings is 2. The molecule has 0 radical (unpaired) electrons. The molecule has 106 valence electrons. The Kier molecular flexibility index (Phi) is 5.35. The van der Waals surface area contributed by atoms with Gasteiger partial charge in [-0.05, 0) is 43.2 Å². The molecular weight excluding hydrogens is 290 g/mol. The lowest BCUT2D eigenvalue weighted by atomic mass is 10.1. The predicted molar refractivity (Wildman–Crippen MR) is 85.9 cm³/mol. The van der Waals surface area contributed by atoms with Gasteiger partial charge in [0.25, 0.3) is 0 Å². The fraction of sp³-hybridized carbons (Fsp3) is 0.250. The van der Waals surface area contributed by atoms with Crippen LogP contribution in [0.4, 0.5) is 0 Å².